The van der Waals surface area contributed by atoms with Crippen LogP contribution < -0.4 is 4.90 Å². The predicted octanol–water partition coefficient (Wildman–Crippen LogP) is 3.42. The van der Waals surface area contributed by atoms with Crippen molar-refractivity contribution in [3.8, 4) is 0 Å². The number of anilines is 1. The van der Waals surface area contributed by atoms with E-state index in [2.05, 4.69) is 11.6 Å². The summed E-state index contributed by atoms with van der Waals surface area (Å²) >= 11 is 0. The first-order valence-electron chi connectivity index (χ1n) is 6.38. The Morgan fingerprint density at radius 1 is 1.30 bits per heavy atom. The number of hydrogen-bond acceptors (Lipinski definition) is 3. The van der Waals surface area contributed by atoms with E-state index in [4.69, 9.17) is 4.74 Å². The average Bonchev–Trinajstić information content (AvgIpc) is 2.89. The van der Waals surface area contributed by atoms with Gasteiger partial charge in [-0.25, -0.2) is 4.79 Å². The molecule has 0 saturated carbocycles. The minimum absolute atomic E-state index is 0.121. The molecular weight excluding hydrogens is 252 g/mol. The molecule has 3 rings (SSSR count). The van der Waals surface area contributed by atoms with Crippen LogP contribution in [0.1, 0.15) is 17.2 Å². The first-order valence-corrected chi connectivity index (χ1v) is 6.38. The largest absolute Gasteiger partial charge is 0.447 e. The van der Waals surface area contributed by atoms with Crippen LogP contribution in [0.2, 0.25) is 0 Å². The number of amides is 1. The fraction of sp³-hybridized carbons (Fsp3) is 0.125. The number of ether oxygens (including phenoxy) is 1. The number of carbonyl (C=O) groups excluding carboxylic acids is 1. The summed E-state index contributed by atoms with van der Waals surface area (Å²) in [6.07, 6.45) is 4.70. The molecule has 2 aromatic rings. The topological polar surface area (TPSA) is 42.4 Å². The van der Waals surface area contributed by atoms with E-state index in [1.807, 2.05) is 30.3 Å². The Labute approximate surface area is 117 Å². The van der Waals surface area contributed by atoms with Crippen molar-refractivity contribution >= 4 is 17.9 Å². The number of pyridine rings is 1. The standard InChI is InChI=1S/C16H14N2O2/c1-2-12-10-17-9-8-14(12)18-15(11-20-16(18)19)13-6-4-3-5-7-13/h2-10,15H,1,11H2/t15-/m0/s1. The number of cyclic esters (lactones) is 1. The van der Waals surface area contributed by atoms with Crippen molar-refractivity contribution in [2.75, 3.05) is 11.5 Å². The lowest BCUT2D eigenvalue weighted by Gasteiger charge is -2.23. The van der Waals surface area contributed by atoms with Gasteiger partial charge in [-0.2, -0.15) is 0 Å². The second kappa shape index (κ2) is 5.17. The Hall–Kier alpha value is -2.62. The van der Waals surface area contributed by atoms with E-state index in [0.717, 1.165) is 16.8 Å². The highest BCUT2D eigenvalue weighted by Crippen LogP contribution is 2.34. The van der Waals surface area contributed by atoms with Gasteiger partial charge in [0.1, 0.15) is 6.61 Å². The maximum atomic E-state index is 12.1. The number of aromatic nitrogens is 1. The number of nitrogens with zero attached hydrogens (tertiary/aromatic N) is 2. The molecule has 1 aromatic carbocycles. The Kier molecular flexibility index (Phi) is 3.21. The lowest BCUT2D eigenvalue weighted by atomic mass is 10.1. The Bertz CT molecular complexity index is 640. The molecule has 2 heterocycles. The molecule has 1 atom stereocenters. The van der Waals surface area contributed by atoms with Crippen molar-refractivity contribution in [3.05, 3.63) is 66.5 Å². The van der Waals surface area contributed by atoms with E-state index in [1.165, 1.54) is 0 Å². The molecule has 4 nitrogen and oxygen atoms in total. The van der Waals surface area contributed by atoms with Crippen LogP contribution in [0.15, 0.2) is 55.4 Å². The lowest BCUT2D eigenvalue weighted by Crippen LogP contribution is -2.27. The van der Waals surface area contributed by atoms with Crippen molar-refractivity contribution in [2.45, 2.75) is 6.04 Å². The van der Waals surface area contributed by atoms with Crippen LogP contribution in [0, 0.1) is 0 Å². The molecule has 0 aliphatic carbocycles. The van der Waals surface area contributed by atoms with Gasteiger partial charge < -0.3 is 4.74 Å². The molecule has 1 amide bonds. The van der Waals surface area contributed by atoms with Crippen LogP contribution in [-0.4, -0.2) is 17.7 Å². The summed E-state index contributed by atoms with van der Waals surface area (Å²) in [5, 5.41) is 0. The summed E-state index contributed by atoms with van der Waals surface area (Å²) in [5.41, 5.74) is 2.63. The van der Waals surface area contributed by atoms with Crippen LogP contribution in [-0.2, 0) is 4.74 Å². The van der Waals surface area contributed by atoms with Crippen molar-refractivity contribution in [1.82, 2.24) is 4.98 Å². The first kappa shape index (κ1) is 12.4. The highest BCUT2D eigenvalue weighted by molar-refractivity contribution is 5.93. The Morgan fingerprint density at radius 2 is 2.10 bits per heavy atom. The maximum Gasteiger partial charge on any atom is 0.415 e. The molecule has 0 N–H and O–H groups in total. The molecule has 1 aliphatic heterocycles. The molecule has 0 bridgehead atoms. The second-order valence-electron chi connectivity index (χ2n) is 4.51. The van der Waals surface area contributed by atoms with E-state index in [9.17, 15) is 4.79 Å². The molecule has 1 saturated heterocycles. The SMILES string of the molecule is C=Cc1cnccc1N1C(=O)OC[C@H]1c1ccccc1. The third-order valence-electron chi connectivity index (χ3n) is 3.36. The van der Waals surface area contributed by atoms with Gasteiger partial charge in [0.15, 0.2) is 0 Å². The Morgan fingerprint density at radius 3 is 2.85 bits per heavy atom. The van der Waals surface area contributed by atoms with Gasteiger partial charge in [-0.1, -0.05) is 43.0 Å². The Balaban J connectivity index is 2.05. The van der Waals surface area contributed by atoms with E-state index in [1.54, 1.807) is 29.4 Å². The van der Waals surface area contributed by atoms with E-state index < -0.39 is 0 Å². The molecule has 1 fully saturated rings. The fourth-order valence-electron chi connectivity index (χ4n) is 2.38. The summed E-state index contributed by atoms with van der Waals surface area (Å²) < 4.78 is 5.22. The minimum atomic E-state index is -0.340. The number of benzene rings is 1. The summed E-state index contributed by atoms with van der Waals surface area (Å²) in [6, 6.07) is 11.5. The quantitative estimate of drug-likeness (QED) is 0.854. The summed E-state index contributed by atoms with van der Waals surface area (Å²) in [5.74, 6) is 0. The number of rotatable bonds is 3. The van der Waals surface area contributed by atoms with Crippen molar-refractivity contribution in [2.24, 2.45) is 0 Å². The van der Waals surface area contributed by atoms with Gasteiger partial charge in [0.2, 0.25) is 0 Å². The molecule has 0 radical (unpaired) electrons. The van der Waals surface area contributed by atoms with Crippen LogP contribution in [0.5, 0.6) is 0 Å². The van der Waals surface area contributed by atoms with Gasteiger partial charge in [-0.15, -0.1) is 0 Å². The lowest BCUT2D eigenvalue weighted by molar-refractivity contribution is 0.179. The molecule has 0 spiro atoms. The highest BCUT2D eigenvalue weighted by Gasteiger charge is 2.36. The summed E-state index contributed by atoms with van der Waals surface area (Å²) in [6.45, 7) is 4.12. The molecule has 100 valence electrons. The van der Waals surface area contributed by atoms with E-state index in [0.29, 0.717) is 6.61 Å². The van der Waals surface area contributed by atoms with Crippen LogP contribution in [0.25, 0.3) is 6.08 Å². The van der Waals surface area contributed by atoms with Crippen molar-refractivity contribution < 1.29 is 9.53 Å². The van der Waals surface area contributed by atoms with Crippen molar-refractivity contribution in [1.29, 1.82) is 0 Å². The minimum Gasteiger partial charge on any atom is -0.447 e. The number of carbonyl (C=O) groups is 1. The van der Waals surface area contributed by atoms with E-state index in [-0.39, 0.29) is 12.1 Å². The zero-order valence-electron chi connectivity index (χ0n) is 10.9. The molecule has 1 aliphatic rings. The smallest absolute Gasteiger partial charge is 0.415 e. The zero-order chi connectivity index (χ0) is 13.9. The normalized spacial score (nSPS) is 17.9. The molecule has 4 heteroatoms. The second-order valence-corrected chi connectivity index (χ2v) is 4.51. The molecule has 1 aromatic heterocycles. The van der Waals surface area contributed by atoms with Crippen LogP contribution in [0.4, 0.5) is 10.5 Å². The van der Waals surface area contributed by atoms with E-state index >= 15 is 0 Å². The maximum absolute atomic E-state index is 12.1. The fourth-order valence-corrected chi connectivity index (χ4v) is 2.38. The first-order chi connectivity index (χ1) is 9.81. The van der Waals surface area contributed by atoms with Crippen LogP contribution in [0.3, 0.4) is 0 Å². The average molecular weight is 266 g/mol. The zero-order valence-corrected chi connectivity index (χ0v) is 10.9. The van der Waals surface area contributed by atoms with Gasteiger partial charge in [0, 0.05) is 18.0 Å². The highest BCUT2D eigenvalue weighted by atomic mass is 16.6. The van der Waals surface area contributed by atoms with Crippen LogP contribution >= 0.6 is 0 Å². The van der Waals surface area contributed by atoms with Gasteiger partial charge >= 0.3 is 6.09 Å². The number of hydrogen-bond donors (Lipinski definition) is 0. The predicted molar refractivity (Wildman–Crippen MR) is 77.3 cm³/mol. The monoisotopic (exact) mass is 266 g/mol. The molecule has 20 heavy (non-hydrogen) atoms. The third kappa shape index (κ3) is 2.05. The van der Waals surface area contributed by atoms with Gasteiger partial charge in [0.05, 0.1) is 11.7 Å². The van der Waals surface area contributed by atoms with Gasteiger partial charge in [-0.05, 0) is 11.6 Å². The van der Waals surface area contributed by atoms with Crippen molar-refractivity contribution in [3.63, 3.8) is 0 Å². The molecular formula is C16H14N2O2. The summed E-state index contributed by atoms with van der Waals surface area (Å²) in [4.78, 5) is 17.8. The van der Waals surface area contributed by atoms with Gasteiger partial charge in [0.25, 0.3) is 0 Å². The summed E-state index contributed by atoms with van der Waals surface area (Å²) in [7, 11) is 0. The molecule has 0 unspecified atom stereocenters. The third-order valence-corrected chi connectivity index (χ3v) is 3.36. The van der Waals surface area contributed by atoms with Gasteiger partial charge in [-0.3, -0.25) is 9.88 Å².